The molecule has 6 nitrogen and oxygen atoms in total. The van der Waals surface area contributed by atoms with Gasteiger partial charge < -0.3 is 9.47 Å². The number of esters is 1. The van der Waals surface area contributed by atoms with Gasteiger partial charge in [-0.1, -0.05) is 12.1 Å². The Kier molecular flexibility index (Phi) is 4.28. The summed E-state index contributed by atoms with van der Waals surface area (Å²) in [6, 6.07) is 10.0. The average Bonchev–Trinajstić information content (AvgIpc) is 3.16. The third kappa shape index (κ3) is 3.29. The van der Waals surface area contributed by atoms with Crippen LogP contribution in [0.25, 0.3) is 15.8 Å². The lowest BCUT2D eigenvalue weighted by Crippen LogP contribution is -2.22. The minimum atomic E-state index is -3.31. The third-order valence-corrected chi connectivity index (χ3v) is 6.41. The van der Waals surface area contributed by atoms with Gasteiger partial charge >= 0.3 is 5.97 Å². The summed E-state index contributed by atoms with van der Waals surface area (Å²) < 4.78 is 35.8. The van der Waals surface area contributed by atoms with Crippen molar-refractivity contribution in [3.05, 3.63) is 59.3 Å². The van der Waals surface area contributed by atoms with E-state index in [0.717, 1.165) is 16.5 Å². The van der Waals surface area contributed by atoms with Crippen molar-refractivity contribution in [3.8, 4) is 5.75 Å². The average molecular weight is 415 g/mol. The normalized spacial score (nSPS) is 16.5. The van der Waals surface area contributed by atoms with Crippen LogP contribution in [0.3, 0.4) is 0 Å². The molecule has 0 saturated carbocycles. The molecule has 0 unspecified atom stereocenters. The van der Waals surface area contributed by atoms with Crippen LogP contribution in [0, 0.1) is 0 Å². The van der Waals surface area contributed by atoms with Gasteiger partial charge in [0.2, 0.25) is 5.76 Å². The highest BCUT2D eigenvalue weighted by atomic mass is 32.2. The van der Waals surface area contributed by atoms with E-state index in [-0.39, 0.29) is 10.7 Å². The number of fused-ring (bicyclic) bond motifs is 1. The lowest BCUT2D eigenvalue weighted by atomic mass is 9.92. The van der Waals surface area contributed by atoms with Crippen molar-refractivity contribution in [1.82, 2.24) is 4.98 Å². The molecule has 4 rings (SSSR count). The number of carbonyl (C=O) groups excluding carboxylic acids is 1. The zero-order valence-electron chi connectivity index (χ0n) is 15.4. The maximum absolute atomic E-state index is 12.5. The summed E-state index contributed by atoms with van der Waals surface area (Å²) >= 11 is 1.53. The Morgan fingerprint density at radius 2 is 1.86 bits per heavy atom. The fraction of sp³-hybridized carbons (Fsp3) is 0.200. The quantitative estimate of drug-likeness (QED) is 0.603. The first-order valence-electron chi connectivity index (χ1n) is 8.45. The number of pyridine rings is 1. The maximum Gasteiger partial charge on any atom is 0.375 e. The summed E-state index contributed by atoms with van der Waals surface area (Å²) in [6.07, 6.45) is 2.71. The lowest BCUT2D eigenvalue weighted by Gasteiger charge is -2.21. The van der Waals surface area contributed by atoms with Crippen molar-refractivity contribution in [2.45, 2.75) is 24.3 Å². The van der Waals surface area contributed by atoms with E-state index < -0.39 is 21.4 Å². The van der Waals surface area contributed by atoms with Gasteiger partial charge in [0.05, 0.1) is 26.9 Å². The van der Waals surface area contributed by atoms with Crippen LogP contribution in [0.1, 0.15) is 19.4 Å². The zero-order valence-corrected chi connectivity index (χ0v) is 17.1. The lowest BCUT2D eigenvalue weighted by molar-refractivity contribution is -0.145. The summed E-state index contributed by atoms with van der Waals surface area (Å²) in [7, 11) is -3.31. The summed E-state index contributed by atoms with van der Waals surface area (Å²) in [5.41, 5.74) is 1.16. The van der Waals surface area contributed by atoms with Crippen LogP contribution in [0.5, 0.6) is 5.75 Å². The number of carbonyl (C=O) groups is 1. The molecule has 3 heterocycles. The minimum absolute atomic E-state index is 0.0785. The molecule has 0 saturated heterocycles. The molecular formula is C20H17NO5S2. The first-order valence-corrected chi connectivity index (χ1v) is 11.2. The van der Waals surface area contributed by atoms with Crippen LogP contribution in [0.2, 0.25) is 0 Å². The molecule has 0 fully saturated rings. The number of hydrogen-bond acceptors (Lipinski definition) is 7. The molecule has 1 aliphatic heterocycles. The summed E-state index contributed by atoms with van der Waals surface area (Å²) in [4.78, 5) is 17.0. The van der Waals surface area contributed by atoms with Crippen molar-refractivity contribution < 1.29 is 22.7 Å². The maximum atomic E-state index is 12.5. The number of sulfone groups is 1. The molecule has 0 radical (unpaired) electrons. The molecule has 0 bridgehead atoms. The van der Waals surface area contributed by atoms with Gasteiger partial charge in [0.1, 0.15) is 11.4 Å². The van der Waals surface area contributed by atoms with Crippen molar-refractivity contribution in [2.75, 3.05) is 6.26 Å². The number of rotatable bonds is 4. The highest BCUT2D eigenvalue weighted by molar-refractivity contribution is 7.90. The van der Waals surface area contributed by atoms with Gasteiger partial charge in [0.25, 0.3) is 0 Å². The van der Waals surface area contributed by atoms with E-state index in [4.69, 9.17) is 9.47 Å². The van der Waals surface area contributed by atoms with Gasteiger partial charge in [-0.25, -0.2) is 13.2 Å². The van der Waals surface area contributed by atoms with Gasteiger partial charge in [0, 0.05) is 12.3 Å². The first-order chi connectivity index (χ1) is 13.1. The van der Waals surface area contributed by atoms with Crippen LogP contribution in [-0.2, 0) is 19.4 Å². The number of aromatic nitrogens is 1. The van der Waals surface area contributed by atoms with Crippen molar-refractivity contribution >= 4 is 42.9 Å². The summed E-state index contributed by atoms with van der Waals surface area (Å²) in [5.74, 6) is -0.0573. The predicted octanol–water partition coefficient (Wildman–Crippen LogP) is 3.83. The van der Waals surface area contributed by atoms with E-state index in [2.05, 4.69) is 4.98 Å². The number of benzene rings is 1. The van der Waals surface area contributed by atoms with Crippen molar-refractivity contribution in [3.63, 3.8) is 0 Å². The van der Waals surface area contributed by atoms with E-state index >= 15 is 0 Å². The molecule has 1 aromatic carbocycles. The standard InChI is InChI=1S/C20H17NO5S2/c1-20(2)17(12-4-6-14(7-5-12)28(3,23)24)18(19(22)26-20)25-13-10-16-15(21-11-13)8-9-27-16/h4-11H,1-3H3. The number of nitrogens with zero attached hydrogens (tertiary/aromatic N) is 1. The Balaban J connectivity index is 1.79. The Morgan fingerprint density at radius 1 is 1.14 bits per heavy atom. The van der Waals surface area contributed by atoms with Crippen molar-refractivity contribution in [1.29, 1.82) is 0 Å². The third-order valence-electron chi connectivity index (χ3n) is 4.43. The monoisotopic (exact) mass is 415 g/mol. The van der Waals surface area contributed by atoms with Crippen LogP contribution < -0.4 is 4.74 Å². The fourth-order valence-corrected chi connectivity index (χ4v) is 4.55. The topological polar surface area (TPSA) is 82.6 Å². The molecule has 28 heavy (non-hydrogen) atoms. The molecule has 2 aromatic heterocycles. The van der Waals surface area contributed by atoms with Crippen LogP contribution in [0.15, 0.2) is 58.6 Å². The van der Waals surface area contributed by atoms with E-state index in [1.807, 2.05) is 17.5 Å². The van der Waals surface area contributed by atoms with E-state index in [0.29, 0.717) is 16.9 Å². The largest absolute Gasteiger partial charge is 0.449 e. The Morgan fingerprint density at radius 3 is 2.54 bits per heavy atom. The van der Waals surface area contributed by atoms with Crippen LogP contribution >= 0.6 is 11.3 Å². The van der Waals surface area contributed by atoms with E-state index in [1.54, 1.807) is 32.2 Å². The molecular weight excluding hydrogens is 398 g/mol. The molecule has 3 aromatic rings. The fourth-order valence-electron chi connectivity index (χ4n) is 3.15. The molecule has 1 aliphatic rings. The molecule has 0 atom stereocenters. The molecule has 0 N–H and O–H groups in total. The predicted molar refractivity (Wildman–Crippen MR) is 107 cm³/mol. The van der Waals surface area contributed by atoms with Crippen LogP contribution in [0.4, 0.5) is 0 Å². The molecule has 144 valence electrons. The zero-order chi connectivity index (χ0) is 20.1. The Labute approximate surface area is 166 Å². The molecule has 0 aliphatic carbocycles. The highest BCUT2D eigenvalue weighted by Gasteiger charge is 2.43. The van der Waals surface area contributed by atoms with Crippen LogP contribution in [-0.4, -0.2) is 31.2 Å². The Hall–Kier alpha value is -2.71. The first kappa shape index (κ1) is 18.6. The summed E-state index contributed by atoms with van der Waals surface area (Å²) in [5, 5.41) is 1.93. The molecule has 0 spiro atoms. The second-order valence-electron chi connectivity index (χ2n) is 6.98. The van der Waals surface area contributed by atoms with Gasteiger partial charge in [0.15, 0.2) is 9.84 Å². The van der Waals surface area contributed by atoms with Gasteiger partial charge in [-0.15, -0.1) is 11.3 Å². The number of cyclic esters (lactones) is 1. The second-order valence-corrected chi connectivity index (χ2v) is 9.94. The Bertz CT molecular complexity index is 1220. The summed E-state index contributed by atoms with van der Waals surface area (Å²) in [6.45, 7) is 3.53. The van der Waals surface area contributed by atoms with Gasteiger partial charge in [-0.2, -0.15) is 0 Å². The van der Waals surface area contributed by atoms with E-state index in [9.17, 15) is 13.2 Å². The number of thiophene rings is 1. The number of hydrogen-bond donors (Lipinski definition) is 0. The minimum Gasteiger partial charge on any atom is -0.449 e. The molecule has 0 amide bonds. The van der Waals surface area contributed by atoms with Gasteiger partial charge in [-0.3, -0.25) is 4.98 Å². The van der Waals surface area contributed by atoms with Gasteiger partial charge in [-0.05, 0) is 43.0 Å². The highest BCUT2D eigenvalue weighted by Crippen LogP contribution is 2.40. The smallest absolute Gasteiger partial charge is 0.375 e. The van der Waals surface area contributed by atoms with E-state index in [1.165, 1.54) is 23.5 Å². The van der Waals surface area contributed by atoms with Crippen molar-refractivity contribution in [2.24, 2.45) is 0 Å². The molecule has 8 heteroatoms. The second kappa shape index (κ2) is 6.42. The number of ether oxygens (including phenoxy) is 2. The SMILES string of the molecule is CC1(C)OC(=O)C(Oc2cnc3ccsc3c2)=C1c1ccc(S(C)(=O)=O)cc1.